The number of hydrogen-bond donors (Lipinski definition) is 2. The topological polar surface area (TPSA) is 75.4 Å². The number of likely N-dealkylation sites (tertiary alicyclic amines) is 1. The van der Waals surface area contributed by atoms with E-state index in [1.54, 1.807) is 0 Å². The molecular weight excluding hydrogens is 242 g/mol. The van der Waals surface area contributed by atoms with E-state index in [1.807, 2.05) is 18.7 Å². The maximum Gasteiger partial charge on any atom is 0.245 e. The SMILES string of the molecule is CC(C)N1CCC(NC(=O)[C@@H]2CCC[C@@H]2CN)C1=O. The van der Waals surface area contributed by atoms with Crippen molar-refractivity contribution in [3.8, 4) is 0 Å². The van der Waals surface area contributed by atoms with Gasteiger partial charge in [0.05, 0.1) is 0 Å². The Labute approximate surface area is 114 Å². The zero-order chi connectivity index (χ0) is 14.0. The summed E-state index contributed by atoms with van der Waals surface area (Å²) in [5.74, 6) is 0.381. The third-order valence-electron chi connectivity index (χ3n) is 4.48. The number of nitrogens with one attached hydrogen (secondary N) is 1. The molecular formula is C14H25N3O2. The molecule has 0 bridgehead atoms. The number of nitrogens with zero attached hydrogens (tertiary/aromatic N) is 1. The molecule has 0 aromatic carbocycles. The lowest BCUT2D eigenvalue weighted by atomic mass is 9.95. The number of nitrogens with two attached hydrogens (primary N) is 1. The second-order valence-electron chi connectivity index (χ2n) is 6.01. The van der Waals surface area contributed by atoms with Crippen LogP contribution >= 0.6 is 0 Å². The van der Waals surface area contributed by atoms with Gasteiger partial charge in [0.2, 0.25) is 11.8 Å². The highest BCUT2D eigenvalue weighted by Crippen LogP contribution is 2.31. The van der Waals surface area contributed by atoms with Crippen LogP contribution in [0.1, 0.15) is 39.5 Å². The Morgan fingerprint density at radius 1 is 1.42 bits per heavy atom. The predicted molar refractivity (Wildman–Crippen MR) is 73.3 cm³/mol. The molecule has 2 aliphatic rings. The van der Waals surface area contributed by atoms with E-state index in [9.17, 15) is 9.59 Å². The second-order valence-corrected chi connectivity index (χ2v) is 6.01. The average molecular weight is 267 g/mol. The predicted octanol–water partition coefficient (Wildman–Crippen LogP) is 0.487. The summed E-state index contributed by atoms with van der Waals surface area (Å²) in [4.78, 5) is 26.2. The standard InChI is InChI=1S/C14H25N3O2/c1-9(2)17-7-6-12(14(17)19)16-13(18)11-5-3-4-10(11)8-15/h9-12H,3-8,15H2,1-2H3,(H,16,18)/t10-,11-,12?/m1/s1. The zero-order valence-electron chi connectivity index (χ0n) is 11.9. The van der Waals surface area contributed by atoms with Crippen molar-refractivity contribution < 1.29 is 9.59 Å². The van der Waals surface area contributed by atoms with Gasteiger partial charge in [-0.2, -0.15) is 0 Å². The van der Waals surface area contributed by atoms with Crippen molar-refractivity contribution >= 4 is 11.8 Å². The summed E-state index contributed by atoms with van der Waals surface area (Å²) in [5.41, 5.74) is 5.70. The number of rotatable bonds is 4. The molecule has 0 aromatic rings. The first-order valence-corrected chi connectivity index (χ1v) is 7.35. The fraction of sp³-hybridized carbons (Fsp3) is 0.857. The Balaban J connectivity index is 1.91. The molecule has 1 saturated heterocycles. The van der Waals surface area contributed by atoms with Crippen molar-refractivity contribution in [2.45, 2.75) is 51.6 Å². The fourth-order valence-corrected chi connectivity index (χ4v) is 3.29. The second kappa shape index (κ2) is 5.90. The van der Waals surface area contributed by atoms with Crippen LogP contribution in [0.5, 0.6) is 0 Å². The van der Waals surface area contributed by atoms with Crippen molar-refractivity contribution in [1.29, 1.82) is 0 Å². The van der Waals surface area contributed by atoms with Crippen LogP contribution in [0.2, 0.25) is 0 Å². The Kier molecular flexibility index (Phi) is 4.45. The molecule has 19 heavy (non-hydrogen) atoms. The Hall–Kier alpha value is -1.10. The molecule has 5 nitrogen and oxygen atoms in total. The lowest BCUT2D eigenvalue weighted by molar-refractivity contribution is -0.135. The maximum atomic E-state index is 12.3. The first-order chi connectivity index (χ1) is 9.04. The molecule has 5 heteroatoms. The fourth-order valence-electron chi connectivity index (χ4n) is 3.29. The molecule has 0 radical (unpaired) electrons. The summed E-state index contributed by atoms with van der Waals surface area (Å²) < 4.78 is 0. The number of carbonyl (C=O) groups excluding carboxylic acids is 2. The molecule has 108 valence electrons. The first kappa shape index (κ1) is 14.3. The van der Waals surface area contributed by atoms with Crippen molar-refractivity contribution in [2.24, 2.45) is 17.6 Å². The van der Waals surface area contributed by atoms with Crippen molar-refractivity contribution in [1.82, 2.24) is 10.2 Å². The molecule has 3 atom stereocenters. The molecule has 0 aromatic heterocycles. The molecule has 1 heterocycles. The molecule has 1 aliphatic carbocycles. The van der Waals surface area contributed by atoms with Gasteiger partial charge in [-0.05, 0) is 45.6 Å². The molecule has 3 N–H and O–H groups in total. The van der Waals surface area contributed by atoms with Gasteiger partial charge in [-0.25, -0.2) is 0 Å². The van der Waals surface area contributed by atoms with E-state index in [4.69, 9.17) is 5.73 Å². The van der Waals surface area contributed by atoms with Crippen LogP contribution in [0.4, 0.5) is 0 Å². The third-order valence-corrected chi connectivity index (χ3v) is 4.48. The van der Waals surface area contributed by atoms with Crippen molar-refractivity contribution in [3.63, 3.8) is 0 Å². The Morgan fingerprint density at radius 3 is 2.74 bits per heavy atom. The van der Waals surface area contributed by atoms with Gasteiger partial charge in [0.15, 0.2) is 0 Å². The molecule has 1 saturated carbocycles. The number of hydrogen-bond acceptors (Lipinski definition) is 3. The van der Waals surface area contributed by atoms with Gasteiger partial charge in [-0.3, -0.25) is 9.59 Å². The minimum Gasteiger partial charge on any atom is -0.344 e. The molecule has 2 rings (SSSR count). The van der Waals surface area contributed by atoms with E-state index < -0.39 is 0 Å². The maximum absolute atomic E-state index is 12.3. The van der Waals surface area contributed by atoms with Crippen LogP contribution in [0, 0.1) is 11.8 Å². The van der Waals surface area contributed by atoms with E-state index in [-0.39, 0.29) is 35.7 Å². The van der Waals surface area contributed by atoms with Gasteiger partial charge in [-0.15, -0.1) is 0 Å². The van der Waals surface area contributed by atoms with Gasteiger partial charge in [-0.1, -0.05) is 6.42 Å². The molecule has 0 spiro atoms. The molecule has 1 aliphatic heterocycles. The summed E-state index contributed by atoms with van der Waals surface area (Å²) in [6.07, 6.45) is 3.73. The summed E-state index contributed by atoms with van der Waals surface area (Å²) in [6.45, 7) is 5.31. The van der Waals surface area contributed by atoms with E-state index in [2.05, 4.69) is 5.32 Å². The number of carbonyl (C=O) groups is 2. The minimum atomic E-state index is -0.325. The third kappa shape index (κ3) is 2.91. The zero-order valence-corrected chi connectivity index (χ0v) is 11.9. The van der Waals surface area contributed by atoms with Crippen molar-refractivity contribution in [3.05, 3.63) is 0 Å². The highest BCUT2D eigenvalue weighted by atomic mass is 16.2. The summed E-state index contributed by atoms with van der Waals surface area (Å²) >= 11 is 0. The van der Waals surface area contributed by atoms with E-state index >= 15 is 0 Å². The highest BCUT2D eigenvalue weighted by Gasteiger charge is 2.37. The van der Waals surface area contributed by atoms with Crippen LogP contribution in [0.15, 0.2) is 0 Å². The smallest absolute Gasteiger partial charge is 0.245 e. The normalized spacial score (nSPS) is 31.3. The minimum absolute atomic E-state index is 0.00546. The highest BCUT2D eigenvalue weighted by molar-refractivity contribution is 5.90. The van der Waals surface area contributed by atoms with Crippen molar-refractivity contribution in [2.75, 3.05) is 13.1 Å². The van der Waals surface area contributed by atoms with Crippen LogP contribution in [-0.4, -0.2) is 41.9 Å². The van der Waals surface area contributed by atoms with E-state index in [1.165, 1.54) is 0 Å². The average Bonchev–Trinajstić information content (AvgIpc) is 2.96. The summed E-state index contributed by atoms with van der Waals surface area (Å²) in [7, 11) is 0. The van der Waals surface area contributed by atoms with Gasteiger partial charge >= 0.3 is 0 Å². The Bertz CT molecular complexity index is 357. The van der Waals surface area contributed by atoms with Gasteiger partial charge in [0.25, 0.3) is 0 Å². The van der Waals surface area contributed by atoms with Gasteiger partial charge in [0, 0.05) is 18.5 Å². The quantitative estimate of drug-likeness (QED) is 0.778. The monoisotopic (exact) mass is 267 g/mol. The molecule has 2 amide bonds. The van der Waals surface area contributed by atoms with Crippen LogP contribution in [-0.2, 0) is 9.59 Å². The summed E-state index contributed by atoms with van der Waals surface area (Å²) in [5, 5.41) is 2.93. The Morgan fingerprint density at radius 2 is 2.16 bits per heavy atom. The summed E-state index contributed by atoms with van der Waals surface area (Å²) in [6, 6.07) is -0.119. The van der Waals surface area contributed by atoms with E-state index in [0.29, 0.717) is 6.54 Å². The lowest BCUT2D eigenvalue weighted by Crippen LogP contribution is -2.46. The van der Waals surface area contributed by atoms with Crippen LogP contribution in [0.3, 0.4) is 0 Å². The first-order valence-electron chi connectivity index (χ1n) is 7.35. The molecule has 1 unspecified atom stereocenters. The van der Waals surface area contributed by atoms with E-state index in [0.717, 1.165) is 32.2 Å². The van der Waals surface area contributed by atoms with Crippen LogP contribution < -0.4 is 11.1 Å². The number of amides is 2. The van der Waals surface area contributed by atoms with Crippen LogP contribution in [0.25, 0.3) is 0 Å². The lowest BCUT2D eigenvalue weighted by Gasteiger charge is -2.22. The van der Waals surface area contributed by atoms with Gasteiger partial charge < -0.3 is 16.0 Å². The largest absolute Gasteiger partial charge is 0.344 e. The van der Waals surface area contributed by atoms with Gasteiger partial charge in [0.1, 0.15) is 6.04 Å². The molecule has 2 fully saturated rings.